The molecule has 0 bridgehead atoms. The van der Waals surface area contributed by atoms with Gasteiger partial charge in [-0.1, -0.05) is 35.9 Å². The van der Waals surface area contributed by atoms with Crippen molar-refractivity contribution in [2.45, 2.75) is 6.54 Å². The summed E-state index contributed by atoms with van der Waals surface area (Å²) in [7, 11) is 3.67. The smallest absolute Gasteiger partial charge is 0.244 e. The van der Waals surface area contributed by atoms with Gasteiger partial charge in [-0.2, -0.15) is 0 Å². The Bertz CT molecular complexity index is 803. The van der Waals surface area contributed by atoms with Crippen LogP contribution in [0.3, 0.4) is 0 Å². The minimum atomic E-state index is -0.202. The molecule has 0 saturated carbocycles. The Balaban J connectivity index is 1.87. The number of nitrogens with one attached hydrogen (secondary N) is 2. The number of amides is 2. The van der Waals surface area contributed by atoms with Crippen molar-refractivity contribution in [3.8, 4) is 0 Å². The molecule has 0 atom stereocenters. The molecule has 2 rings (SSSR count). The molecule has 136 valence electrons. The van der Waals surface area contributed by atoms with Gasteiger partial charge in [0, 0.05) is 23.3 Å². The van der Waals surface area contributed by atoms with Crippen LogP contribution in [0.5, 0.6) is 0 Å². The number of carbonyl (C=O) groups excluding carboxylic acids is 2. The molecule has 0 heterocycles. The molecule has 0 fully saturated rings. The number of carbonyl (C=O) groups is 2. The number of benzene rings is 2. The first-order chi connectivity index (χ1) is 12.4. The Labute approximate surface area is 158 Å². The van der Waals surface area contributed by atoms with E-state index in [0.29, 0.717) is 23.8 Å². The van der Waals surface area contributed by atoms with E-state index in [1.54, 1.807) is 23.1 Å². The van der Waals surface area contributed by atoms with E-state index < -0.39 is 0 Å². The quantitative estimate of drug-likeness (QED) is 0.735. The molecule has 0 radical (unpaired) electrons. The number of rotatable bonds is 7. The lowest BCUT2D eigenvalue weighted by Gasteiger charge is -2.11. The van der Waals surface area contributed by atoms with Gasteiger partial charge in [0.1, 0.15) is 0 Å². The van der Waals surface area contributed by atoms with Crippen molar-refractivity contribution in [1.82, 2.24) is 10.2 Å². The first-order valence-corrected chi connectivity index (χ1v) is 8.55. The van der Waals surface area contributed by atoms with Crippen LogP contribution in [0.15, 0.2) is 54.6 Å². The second kappa shape index (κ2) is 9.75. The van der Waals surface area contributed by atoms with Gasteiger partial charge in [0.2, 0.25) is 11.8 Å². The van der Waals surface area contributed by atoms with Gasteiger partial charge >= 0.3 is 0 Å². The zero-order valence-corrected chi connectivity index (χ0v) is 15.6. The van der Waals surface area contributed by atoms with Crippen LogP contribution in [0.2, 0.25) is 5.02 Å². The summed E-state index contributed by atoms with van der Waals surface area (Å²) in [5.41, 5.74) is 2.47. The van der Waals surface area contributed by atoms with Crippen molar-refractivity contribution >= 4 is 35.2 Å². The average Bonchev–Trinajstić information content (AvgIpc) is 2.58. The second-order valence-corrected chi connectivity index (χ2v) is 6.53. The molecule has 2 aromatic rings. The highest BCUT2D eigenvalue weighted by Crippen LogP contribution is 2.12. The maximum atomic E-state index is 12.0. The van der Waals surface area contributed by atoms with Crippen LogP contribution in [-0.4, -0.2) is 37.4 Å². The van der Waals surface area contributed by atoms with Crippen LogP contribution in [0.25, 0.3) is 6.08 Å². The highest BCUT2D eigenvalue weighted by atomic mass is 35.5. The minimum absolute atomic E-state index is 0.0827. The van der Waals surface area contributed by atoms with E-state index in [4.69, 9.17) is 11.6 Å². The van der Waals surface area contributed by atoms with E-state index >= 15 is 0 Å². The molecular formula is C20H22ClN3O2. The van der Waals surface area contributed by atoms with E-state index in [9.17, 15) is 9.59 Å². The third-order valence-corrected chi connectivity index (χ3v) is 3.65. The van der Waals surface area contributed by atoms with Crippen LogP contribution in [-0.2, 0) is 16.1 Å². The van der Waals surface area contributed by atoms with Crippen molar-refractivity contribution < 1.29 is 9.59 Å². The van der Waals surface area contributed by atoms with Crippen molar-refractivity contribution in [1.29, 1.82) is 0 Å². The summed E-state index contributed by atoms with van der Waals surface area (Å²) in [6, 6.07) is 14.7. The molecule has 6 heteroatoms. The van der Waals surface area contributed by atoms with Gasteiger partial charge in [-0.15, -0.1) is 0 Å². The number of halogens is 1. The van der Waals surface area contributed by atoms with Crippen molar-refractivity contribution in [3.63, 3.8) is 0 Å². The monoisotopic (exact) mass is 371 g/mol. The van der Waals surface area contributed by atoms with Gasteiger partial charge in [0.15, 0.2) is 0 Å². The summed E-state index contributed by atoms with van der Waals surface area (Å²) in [4.78, 5) is 25.6. The standard InChI is InChI=1S/C20H22ClN3O2/c1-24(2)14-20(26)23-18-8-4-6-16(12-18)13-22-19(25)10-9-15-5-3-7-17(21)11-15/h3-12H,13-14H2,1-2H3,(H,22,25)(H,23,26). The van der Waals surface area contributed by atoms with Gasteiger partial charge in [0.25, 0.3) is 0 Å². The number of hydrogen-bond donors (Lipinski definition) is 2. The molecule has 2 aromatic carbocycles. The fraction of sp³-hybridized carbons (Fsp3) is 0.200. The molecule has 0 unspecified atom stereocenters. The molecule has 0 aliphatic rings. The lowest BCUT2D eigenvalue weighted by molar-refractivity contribution is -0.117. The fourth-order valence-corrected chi connectivity index (χ4v) is 2.48. The van der Waals surface area contributed by atoms with Crippen molar-refractivity contribution in [2.75, 3.05) is 26.0 Å². The fourth-order valence-electron chi connectivity index (χ4n) is 2.28. The molecule has 0 saturated heterocycles. The van der Waals surface area contributed by atoms with E-state index in [-0.39, 0.29) is 11.8 Å². The predicted octanol–water partition coefficient (Wildman–Crippen LogP) is 3.17. The molecular weight excluding hydrogens is 350 g/mol. The van der Waals surface area contributed by atoms with Gasteiger partial charge in [-0.3, -0.25) is 9.59 Å². The molecule has 2 amide bonds. The Kier molecular flexibility index (Phi) is 7.38. The zero-order chi connectivity index (χ0) is 18.9. The molecule has 0 aromatic heterocycles. The summed E-state index contributed by atoms with van der Waals surface area (Å²) >= 11 is 5.91. The molecule has 0 aliphatic heterocycles. The topological polar surface area (TPSA) is 61.4 Å². The van der Waals surface area contributed by atoms with Crippen LogP contribution < -0.4 is 10.6 Å². The molecule has 0 aliphatic carbocycles. The molecule has 2 N–H and O–H groups in total. The maximum absolute atomic E-state index is 12.0. The number of anilines is 1. The third kappa shape index (κ3) is 7.09. The Morgan fingerprint density at radius 3 is 2.62 bits per heavy atom. The first kappa shape index (κ1) is 19.7. The van der Waals surface area contributed by atoms with Crippen LogP contribution in [0, 0.1) is 0 Å². The second-order valence-electron chi connectivity index (χ2n) is 6.09. The van der Waals surface area contributed by atoms with E-state index in [1.165, 1.54) is 6.08 Å². The summed E-state index contributed by atoms with van der Waals surface area (Å²) in [6.45, 7) is 0.686. The van der Waals surface area contributed by atoms with Crippen LogP contribution in [0.4, 0.5) is 5.69 Å². The lowest BCUT2D eigenvalue weighted by atomic mass is 10.2. The molecule has 26 heavy (non-hydrogen) atoms. The van der Waals surface area contributed by atoms with Crippen molar-refractivity contribution in [2.24, 2.45) is 0 Å². The summed E-state index contributed by atoms with van der Waals surface area (Å²) in [6.07, 6.45) is 3.17. The minimum Gasteiger partial charge on any atom is -0.348 e. The number of hydrogen-bond acceptors (Lipinski definition) is 3. The van der Waals surface area contributed by atoms with Gasteiger partial charge in [-0.25, -0.2) is 0 Å². The molecule has 0 spiro atoms. The van der Waals surface area contributed by atoms with Gasteiger partial charge in [0.05, 0.1) is 6.54 Å². The Hall–Kier alpha value is -2.63. The third-order valence-electron chi connectivity index (χ3n) is 3.41. The highest BCUT2D eigenvalue weighted by Gasteiger charge is 2.04. The van der Waals surface area contributed by atoms with Crippen LogP contribution >= 0.6 is 11.6 Å². The van der Waals surface area contributed by atoms with E-state index in [2.05, 4.69) is 10.6 Å². The predicted molar refractivity (Wildman–Crippen MR) is 106 cm³/mol. The van der Waals surface area contributed by atoms with Gasteiger partial charge < -0.3 is 15.5 Å². The van der Waals surface area contributed by atoms with Gasteiger partial charge in [-0.05, 0) is 55.6 Å². The van der Waals surface area contributed by atoms with Crippen molar-refractivity contribution in [3.05, 3.63) is 70.8 Å². The highest BCUT2D eigenvalue weighted by molar-refractivity contribution is 6.30. The maximum Gasteiger partial charge on any atom is 0.244 e. The summed E-state index contributed by atoms with van der Waals surface area (Å²) < 4.78 is 0. The molecule has 5 nitrogen and oxygen atoms in total. The Morgan fingerprint density at radius 1 is 1.12 bits per heavy atom. The number of likely N-dealkylation sites (N-methyl/N-ethyl adjacent to an activating group) is 1. The first-order valence-electron chi connectivity index (χ1n) is 8.17. The van der Waals surface area contributed by atoms with E-state index in [1.807, 2.05) is 50.5 Å². The SMILES string of the molecule is CN(C)CC(=O)Nc1cccc(CNC(=O)C=Cc2cccc(Cl)c2)c1. The lowest BCUT2D eigenvalue weighted by Crippen LogP contribution is -2.27. The average molecular weight is 372 g/mol. The summed E-state index contributed by atoms with van der Waals surface area (Å²) in [5, 5.41) is 6.28. The number of nitrogens with zero attached hydrogens (tertiary/aromatic N) is 1. The zero-order valence-electron chi connectivity index (χ0n) is 14.8. The summed E-state index contributed by atoms with van der Waals surface area (Å²) in [5.74, 6) is -0.285. The largest absolute Gasteiger partial charge is 0.348 e. The van der Waals surface area contributed by atoms with Crippen LogP contribution in [0.1, 0.15) is 11.1 Å². The normalized spacial score (nSPS) is 10.9. The van der Waals surface area contributed by atoms with E-state index in [0.717, 1.165) is 11.1 Å². The Morgan fingerprint density at radius 2 is 1.88 bits per heavy atom.